The Morgan fingerprint density at radius 3 is 2.54 bits per heavy atom. The maximum atomic E-state index is 12.0. The Kier molecular flexibility index (Phi) is 8.07. The fraction of sp³-hybridized carbons (Fsp3) is 0.250. The summed E-state index contributed by atoms with van der Waals surface area (Å²) in [4.78, 5) is 22.5. The fourth-order valence-electron chi connectivity index (χ4n) is 4.80. The summed E-state index contributed by atoms with van der Waals surface area (Å²) >= 11 is 0. The van der Waals surface area contributed by atoms with Crippen molar-refractivity contribution in [3.05, 3.63) is 95.1 Å². The molecule has 0 saturated carbocycles. The summed E-state index contributed by atoms with van der Waals surface area (Å²) in [6.07, 6.45) is 2.54. The van der Waals surface area contributed by atoms with Gasteiger partial charge in [-0.3, -0.25) is 9.69 Å². The normalized spacial score (nSPS) is 14.7. The zero-order chi connectivity index (χ0) is 27.2. The van der Waals surface area contributed by atoms with E-state index >= 15 is 0 Å². The molecule has 1 saturated heterocycles. The van der Waals surface area contributed by atoms with Gasteiger partial charge in [0.25, 0.3) is 5.91 Å². The number of aliphatic imine (C=N–C) groups is 1. The molecule has 198 valence electrons. The van der Waals surface area contributed by atoms with Gasteiger partial charge in [-0.15, -0.1) is 0 Å². The third-order valence-corrected chi connectivity index (χ3v) is 6.82. The van der Waals surface area contributed by atoms with Crippen LogP contribution in [-0.2, 0) is 11.3 Å². The molecular formula is C32H32N4O3. The number of aromatic hydroxyl groups is 1. The molecule has 0 aliphatic carbocycles. The van der Waals surface area contributed by atoms with E-state index < -0.39 is 5.91 Å². The summed E-state index contributed by atoms with van der Waals surface area (Å²) in [5.41, 5.74) is 5.51. The Morgan fingerprint density at radius 2 is 1.82 bits per heavy atom. The smallest absolute Gasteiger partial charge is 0.296 e. The lowest BCUT2D eigenvalue weighted by molar-refractivity contribution is -0.116. The van der Waals surface area contributed by atoms with Crippen LogP contribution >= 0.6 is 0 Å². The highest BCUT2D eigenvalue weighted by Crippen LogP contribution is 2.32. The van der Waals surface area contributed by atoms with Gasteiger partial charge in [0.1, 0.15) is 0 Å². The number of rotatable bonds is 7. The lowest BCUT2D eigenvalue weighted by Gasteiger charge is -2.14. The zero-order valence-corrected chi connectivity index (χ0v) is 21.9. The minimum Gasteiger partial charge on any atom is -0.494 e. The van der Waals surface area contributed by atoms with Crippen molar-refractivity contribution in [1.29, 1.82) is 0 Å². The molecule has 1 aliphatic rings. The van der Waals surface area contributed by atoms with Crippen molar-refractivity contribution >= 4 is 28.2 Å². The molecule has 39 heavy (non-hydrogen) atoms. The second-order valence-corrected chi connectivity index (χ2v) is 9.89. The van der Waals surface area contributed by atoms with Crippen LogP contribution in [0.1, 0.15) is 42.0 Å². The molecule has 2 heterocycles. The molecule has 4 N–H and O–H groups in total. The maximum absolute atomic E-state index is 12.0. The van der Waals surface area contributed by atoms with Gasteiger partial charge in [0, 0.05) is 29.0 Å². The van der Waals surface area contributed by atoms with Gasteiger partial charge in [0.05, 0.1) is 35.1 Å². The molecule has 3 aromatic carbocycles. The number of benzene rings is 3. The summed E-state index contributed by atoms with van der Waals surface area (Å²) in [6, 6.07) is 23.2. The number of carbonyl (C=O) groups is 1. The lowest BCUT2D eigenvalue weighted by atomic mass is 10.00. The van der Waals surface area contributed by atoms with Crippen molar-refractivity contribution in [2.24, 2.45) is 4.99 Å². The number of nitrogens with one attached hydrogen (secondary N) is 2. The number of fused-ring (bicyclic) bond motifs is 1. The fourth-order valence-corrected chi connectivity index (χ4v) is 4.80. The molecule has 0 spiro atoms. The first-order valence-electron chi connectivity index (χ1n) is 13.2. The number of hydrogen-bond acceptors (Lipinski definition) is 5. The number of hydrogen-bond donors (Lipinski definition) is 4. The Hall–Kier alpha value is -4.38. The van der Waals surface area contributed by atoms with Gasteiger partial charge in [-0.2, -0.15) is 0 Å². The summed E-state index contributed by atoms with van der Waals surface area (Å²) < 4.78 is 0. The van der Waals surface area contributed by atoms with Gasteiger partial charge in [-0.25, -0.2) is 4.99 Å². The number of likely N-dealkylation sites (tertiary alicyclic amines) is 1. The van der Waals surface area contributed by atoms with E-state index in [0.717, 1.165) is 36.3 Å². The highest BCUT2D eigenvalue weighted by molar-refractivity contribution is 6.22. The van der Waals surface area contributed by atoms with Crippen molar-refractivity contribution in [2.75, 3.05) is 19.7 Å². The molecule has 0 unspecified atom stereocenters. The van der Waals surface area contributed by atoms with Gasteiger partial charge >= 0.3 is 0 Å². The summed E-state index contributed by atoms with van der Waals surface area (Å²) in [7, 11) is 0. The molecule has 4 aromatic rings. The SMILES string of the molecule is C[C@H](CO)NC(=O)C#Cc1ccc2c(C(=Nc3ccc(CN4CCCC4)cc3)c3ccccc3)c(O)[nH]c2c1. The lowest BCUT2D eigenvalue weighted by Crippen LogP contribution is -2.33. The van der Waals surface area contributed by atoms with E-state index in [-0.39, 0.29) is 18.5 Å². The average molecular weight is 521 g/mol. The molecule has 0 radical (unpaired) electrons. The Labute approximate surface area is 228 Å². The number of H-pyrrole nitrogens is 1. The first-order chi connectivity index (χ1) is 19.0. The van der Waals surface area contributed by atoms with Crippen LogP contribution in [0, 0.1) is 11.8 Å². The average Bonchev–Trinajstić information content (AvgIpc) is 3.58. The van der Waals surface area contributed by atoms with E-state index in [4.69, 9.17) is 10.1 Å². The van der Waals surface area contributed by atoms with Crippen LogP contribution in [-0.4, -0.2) is 57.5 Å². The largest absolute Gasteiger partial charge is 0.494 e. The number of aliphatic hydroxyl groups excluding tert-OH is 1. The molecule has 1 amide bonds. The third kappa shape index (κ3) is 6.37. The van der Waals surface area contributed by atoms with Gasteiger partial charge in [-0.1, -0.05) is 54.5 Å². The predicted octanol–water partition coefficient (Wildman–Crippen LogP) is 4.49. The van der Waals surface area contributed by atoms with Crippen molar-refractivity contribution in [2.45, 2.75) is 32.4 Å². The molecule has 1 atom stereocenters. The van der Waals surface area contributed by atoms with Crippen LogP contribution in [0.4, 0.5) is 5.69 Å². The summed E-state index contributed by atoms with van der Waals surface area (Å²) in [6.45, 7) is 4.80. The van der Waals surface area contributed by atoms with E-state index in [9.17, 15) is 9.90 Å². The molecule has 0 bridgehead atoms. The molecule has 7 nitrogen and oxygen atoms in total. The first kappa shape index (κ1) is 26.2. The Balaban J connectivity index is 1.48. The molecule has 1 aliphatic heterocycles. The van der Waals surface area contributed by atoms with Crippen LogP contribution in [0.2, 0.25) is 0 Å². The number of nitrogens with zero attached hydrogens (tertiary/aromatic N) is 2. The number of aromatic amines is 1. The van der Waals surface area contributed by atoms with Gasteiger partial charge < -0.3 is 20.5 Å². The molecule has 1 fully saturated rings. The standard InChI is InChI=1S/C32H32N4O3/c1-22(21-37)33-29(38)16-12-23-11-15-27-28(19-23)35-32(39)30(27)31(25-7-3-2-4-8-25)34-26-13-9-24(10-14-26)20-36-17-5-6-18-36/h2-4,7-11,13-15,19,22,35,37,39H,5-6,17-18,20-21H2,1H3,(H,33,38)/t22-/m1/s1. The van der Waals surface area contributed by atoms with E-state index in [1.54, 1.807) is 13.0 Å². The number of aromatic nitrogens is 1. The third-order valence-electron chi connectivity index (χ3n) is 6.82. The van der Waals surface area contributed by atoms with Crippen molar-refractivity contribution in [3.63, 3.8) is 0 Å². The summed E-state index contributed by atoms with van der Waals surface area (Å²) in [5.74, 6) is 4.94. The minimum absolute atomic E-state index is 0.0119. The van der Waals surface area contributed by atoms with Crippen molar-refractivity contribution in [3.8, 4) is 17.7 Å². The van der Waals surface area contributed by atoms with Gasteiger partial charge in [0.15, 0.2) is 5.88 Å². The van der Waals surface area contributed by atoms with Gasteiger partial charge in [0.2, 0.25) is 0 Å². The Morgan fingerprint density at radius 1 is 1.08 bits per heavy atom. The number of aliphatic hydroxyl groups is 1. The number of amides is 1. The highest BCUT2D eigenvalue weighted by atomic mass is 16.3. The first-order valence-corrected chi connectivity index (χ1v) is 13.2. The Bertz CT molecular complexity index is 1540. The molecule has 1 aromatic heterocycles. The van der Waals surface area contributed by atoms with Crippen molar-refractivity contribution in [1.82, 2.24) is 15.2 Å². The quantitative estimate of drug-likeness (QED) is 0.213. The minimum atomic E-state index is -0.461. The highest BCUT2D eigenvalue weighted by Gasteiger charge is 2.19. The predicted molar refractivity (Wildman–Crippen MR) is 154 cm³/mol. The summed E-state index contributed by atoms with van der Waals surface area (Å²) in [5, 5.41) is 23.5. The van der Waals surface area contributed by atoms with E-state index in [1.165, 1.54) is 18.4 Å². The second kappa shape index (κ2) is 12.0. The molecular weight excluding hydrogens is 488 g/mol. The van der Waals surface area contributed by atoms with E-state index in [0.29, 0.717) is 22.4 Å². The van der Waals surface area contributed by atoms with Crippen LogP contribution in [0.25, 0.3) is 10.9 Å². The van der Waals surface area contributed by atoms with Crippen LogP contribution in [0.5, 0.6) is 5.88 Å². The van der Waals surface area contributed by atoms with Crippen LogP contribution < -0.4 is 5.32 Å². The van der Waals surface area contributed by atoms with Crippen LogP contribution in [0.15, 0.2) is 77.8 Å². The second-order valence-electron chi connectivity index (χ2n) is 9.89. The number of carbonyl (C=O) groups excluding carboxylic acids is 1. The van der Waals surface area contributed by atoms with Crippen molar-refractivity contribution < 1.29 is 15.0 Å². The maximum Gasteiger partial charge on any atom is 0.296 e. The molecule has 7 heteroatoms. The van der Waals surface area contributed by atoms with E-state index in [2.05, 4.69) is 39.2 Å². The van der Waals surface area contributed by atoms with Gasteiger partial charge in [-0.05, 0) is 62.7 Å². The topological polar surface area (TPSA) is 101 Å². The molecule has 5 rings (SSSR count). The van der Waals surface area contributed by atoms with Crippen LogP contribution in [0.3, 0.4) is 0 Å². The monoisotopic (exact) mass is 520 g/mol. The zero-order valence-electron chi connectivity index (χ0n) is 21.9. The van der Waals surface area contributed by atoms with E-state index in [1.807, 2.05) is 54.6 Å².